The van der Waals surface area contributed by atoms with Crippen LogP contribution in [0, 0.1) is 11.2 Å². The van der Waals surface area contributed by atoms with Crippen molar-refractivity contribution in [2.45, 2.75) is 57.0 Å². The van der Waals surface area contributed by atoms with Crippen LogP contribution in [-0.2, 0) is 26.2 Å². The molecular weight excluding hydrogens is 596 g/mol. The average Bonchev–Trinajstić information content (AvgIpc) is 3.39. The minimum absolute atomic E-state index is 0.123. The Hall–Kier alpha value is -3.66. The van der Waals surface area contributed by atoms with E-state index in [0.29, 0.717) is 33.9 Å². The van der Waals surface area contributed by atoms with Crippen molar-refractivity contribution in [3.8, 4) is 5.75 Å². The first-order chi connectivity index (χ1) is 20.3. The van der Waals surface area contributed by atoms with Crippen molar-refractivity contribution in [1.82, 2.24) is 5.32 Å². The summed E-state index contributed by atoms with van der Waals surface area (Å²) in [6.45, 7) is 6.10. The van der Waals surface area contributed by atoms with Gasteiger partial charge >= 0.3 is 5.97 Å². The summed E-state index contributed by atoms with van der Waals surface area (Å²) in [5.74, 6) is -3.38. The molecule has 4 N–H and O–H groups in total. The second-order valence-electron chi connectivity index (χ2n) is 12.2. The van der Waals surface area contributed by atoms with Crippen LogP contribution in [0.3, 0.4) is 0 Å². The summed E-state index contributed by atoms with van der Waals surface area (Å²) in [6.07, 6.45) is 0.249. The van der Waals surface area contributed by atoms with Gasteiger partial charge in [0.25, 0.3) is 0 Å². The molecule has 0 aliphatic carbocycles. The number of amides is 2. The Labute approximate surface area is 258 Å². The minimum Gasteiger partial charge on any atom is -0.495 e. The largest absolute Gasteiger partial charge is 0.495 e. The molecule has 2 amide bonds. The van der Waals surface area contributed by atoms with E-state index >= 15 is 4.39 Å². The first kappa shape index (κ1) is 30.8. The van der Waals surface area contributed by atoms with Gasteiger partial charge in [-0.1, -0.05) is 68.2 Å². The number of hydrogen-bond acceptors (Lipinski definition) is 5. The summed E-state index contributed by atoms with van der Waals surface area (Å²) in [5.41, 5.74) is 0.342. The molecule has 0 radical (unpaired) electrons. The lowest BCUT2D eigenvalue weighted by Gasteiger charge is -2.37. The number of rotatable bonds is 7. The predicted octanol–water partition coefficient (Wildman–Crippen LogP) is 6.16. The van der Waals surface area contributed by atoms with E-state index in [-0.39, 0.29) is 34.1 Å². The van der Waals surface area contributed by atoms with Crippen molar-refractivity contribution in [3.05, 3.63) is 87.2 Å². The Morgan fingerprint density at radius 1 is 1.12 bits per heavy atom. The lowest BCUT2D eigenvalue weighted by atomic mass is 9.62. The summed E-state index contributed by atoms with van der Waals surface area (Å²) in [7, 11) is 1.41. The number of ether oxygens (including phenoxy) is 1. The van der Waals surface area contributed by atoms with Gasteiger partial charge in [0.2, 0.25) is 11.8 Å². The van der Waals surface area contributed by atoms with E-state index in [4.69, 9.17) is 27.9 Å². The molecule has 8 nitrogen and oxygen atoms in total. The van der Waals surface area contributed by atoms with Gasteiger partial charge in [-0.2, -0.15) is 0 Å². The van der Waals surface area contributed by atoms with Crippen LogP contribution in [0.1, 0.15) is 49.8 Å². The zero-order valence-electron chi connectivity index (χ0n) is 24.1. The molecule has 2 heterocycles. The molecule has 1 spiro atoms. The number of carbonyl (C=O) groups is 3. The van der Waals surface area contributed by atoms with Crippen LogP contribution in [0.25, 0.3) is 0 Å². The Bertz CT molecular complexity index is 1620. The number of halogens is 3. The molecule has 4 atom stereocenters. The van der Waals surface area contributed by atoms with Crippen molar-refractivity contribution in [2.75, 3.05) is 17.7 Å². The van der Waals surface area contributed by atoms with Gasteiger partial charge in [0.1, 0.15) is 17.0 Å². The van der Waals surface area contributed by atoms with Crippen LogP contribution >= 0.6 is 23.2 Å². The maximum atomic E-state index is 15.9. The fourth-order valence-corrected chi connectivity index (χ4v) is 6.84. The first-order valence-electron chi connectivity index (χ1n) is 13.8. The highest BCUT2D eigenvalue weighted by Crippen LogP contribution is 2.57. The average molecular weight is 629 g/mol. The third-order valence-corrected chi connectivity index (χ3v) is 8.63. The summed E-state index contributed by atoms with van der Waals surface area (Å²) >= 11 is 12.6. The van der Waals surface area contributed by atoms with Crippen molar-refractivity contribution < 1.29 is 28.6 Å². The van der Waals surface area contributed by atoms with Gasteiger partial charge in [0.15, 0.2) is 0 Å². The van der Waals surface area contributed by atoms with Gasteiger partial charge in [-0.15, -0.1) is 0 Å². The van der Waals surface area contributed by atoms with E-state index in [0.717, 1.165) is 0 Å². The van der Waals surface area contributed by atoms with Gasteiger partial charge in [-0.05, 0) is 58.9 Å². The Balaban J connectivity index is 1.67. The number of carboxylic acid groups (broad SMARTS) is 1. The summed E-state index contributed by atoms with van der Waals surface area (Å²) in [5, 5.41) is 18.7. The van der Waals surface area contributed by atoms with Crippen molar-refractivity contribution in [3.63, 3.8) is 0 Å². The number of carboxylic acids is 1. The highest BCUT2D eigenvalue weighted by atomic mass is 35.5. The van der Waals surface area contributed by atoms with Gasteiger partial charge in [-0.25, -0.2) is 4.39 Å². The fourth-order valence-electron chi connectivity index (χ4n) is 6.49. The van der Waals surface area contributed by atoms with Gasteiger partial charge in [-0.3, -0.25) is 14.4 Å². The topological polar surface area (TPSA) is 117 Å². The molecule has 0 aromatic heterocycles. The lowest BCUT2D eigenvalue weighted by molar-refractivity contribution is -0.136. The number of anilines is 2. The molecule has 1 saturated heterocycles. The molecule has 1 unspecified atom stereocenters. The quantitative estimate of drug-likeness (QED) is 0.249. The molecule has 1 fully saturated rings. The zero-order chi connectivity index (χ0) is 31.3. The Morgan fingerprint density at radius 2 is 1.86 bits per heavy atom. The Kier molecular flexibility index (Phi) is 8.19. The van der Waals surface area contributed by atoms with Crippen molar-refractivity contribution in [2.24, 2.45) is 5.41 Å². The molecule has 226 valence electrons. The van der Waals surface area contributed by atoms with E-state index in [2.05, 4.69) is 16.0 Å². The minimum atomic E-state index is -1.39. The monoisotopic (exact) mass is 627 g/mol. The molecule has 11 heteroatoms. The molecule has 2 aliphatic rings. The SMILES string of the molecule is COc1cc(CC(=O)O)ccc1NC(=O)[C@@H]1N[C@@H](CC(C)(C)C)C2(C(=O)Nc3cc(Cl)ccc32)[C@H]1c1cccc(Cl)c1F. The molecule has 43 heavy (non-hydrogen) atoms. The van der Waals surface area contributed by atoms with Gasteiger partial charge in [0.05, 0.1) is 30.3 Å². The van der Waals surface area contributed by atoms with Crippen LogP contribution in [0.2, 0.25) is 10.0 Å². The summed E-state index contributed by atoms with van der Waals surface area (Å²) in [6, 6.07) is 12.7. The number of hydrogen-bond donors (Lipinski definition) is 4. The predicted molar refractivity (Wildman–Crippen MR) is 164 cm³/mol. The molecule has 3 aromatic carbocycles. The fraction of sp³-hybridized carbons (Fsp3) is 0.344. The molecule has 0 bridgehead atoms. The second-order valence-corrected chi connectivity index (χ2v) is 13.0. The Morgan fingerprint density at radius 3 is 2.53 bits per heavy atom. The third kappa shape index (κ3) is 5.57. The van der Waals surface area contributed by atoms with E-state index in [1.807, 2.05) is 20.8 Å². The van der Waals surface area contributed by atoms with E-state index in [1.165, 1.54) is 19.2 Å². The highest BCUT2D eigenvalue weighted by molar-refractivity contribution is 6.31. The molecule has 3 aromatic rings. The third-order valence-electron chi connectivity index (χ3n) is 8.10. The van der Waals surface area contributed by atoms with Crippen molar-refractivity contribution >= 4 is 52.4 Å². The first-order valence-corrected chi connectivity index (χ1v) is 14.5. The maximum absolute atomic E-state index is 15.9. The number of nitrogens with one attached hydrogen (secondary N) is 3. The standard InChI is InChI=1S/C32H32Cl2FN3O5/c1-31(2,3)15-24-32(19-10-9-17(33)14-22(19)37-30(32)42)26(18-6-5-7-20(34)27(18)35)28(38-24)29(41)36-21-11-8-16(13-25(39)40)12-23(21)43-4/h5-12,14,24,26,28,38H,13,15H2,1-4H3,(H,36,41)(H,37,42)(H,39,40)/t24-,26-,28+,32?/m0/s1. The van der Waals surface area contributed by atoms with Crippen molar-refractivity contribution in [1.29, 1.82) is 0 Å². The lowest BCUT2D eigenvalue weighted by Crippen LogP contribution is -2.49. The zero-order valence-corrected chi connectivity index (χ0v) is 25.6. The van der Waals surface area contributed by atoms with Crippen LogP contribution in [0.15, 0.2) is 54.6 Å². The molecular formula is C32H32Cl2FN3O5. The summed E-state index contributed by atoms with van der Waals surface area (Å²) < 4.78 is 21.4. The number of fused-ring (bicyclic) bond motifs is 2. The van der Waals surface area contributed by atoms with E-state index in [9.17, 15) is 19.5 Å². The number of carbonyl (C=O) groups excluding carboxylic acids is 2. The van der Waals surface area contributed by atoms with Gasteiger partial charge in [0, 0.05) is 22.7 Å². The maximum Gasteiger partial charge on any atom is 0.307 e. The molecule has 0 saturated carbocycles. The molecule has 2 aliphatic heterocycles. The normalized spacial score (nSPS) is 22.8. The molecule has 5 rings (SSSR count). The number of methoxy groups -OCH3 is 1. The number of benzene rings is 3. The van der Waals surface area contributed by atoms with Crippen LogP contribution in [-0.4, -0.2) is 42.1 Å². The summed E-state index contributed by atoms with van der Waals surface area (Å²) in [4.78, 5) is 39.7. The van der Waals surface area contributed by atoms with E-state index in [1.54, 1.807) is 42.5 Å². The number of aliphatic carboxylic acids is 1. The van der Waals surface area contributed by atoms with Gasteiger partial charge < -0.3 is 25.8 Å². The van der Waals surface area contributed by atoms with Crippen LogP contribution in [0.4, 0.5) is 15.8 Å². The smallest absolute Gasteiger partial charge is 0.307 e. The second kappa shape index (κ2) is 11.4. The van der Waals surface area contributed by atoms with Crippen LogP contribution < -0.4 is 20.7 Å². The highest BCUT2D eigenvalue weighted by Gasteiger charge is 2.66. The van der Waals surface area contributed by atoms with E-state index < -0.39 is 41.1 Å². The van der Waals surface area contributed by atoms with Crippen LogP contribution in [0.5, 0.6) is 5.75 Å².